The Morgan fingerprint density at radius 3 is 2.38 bits per heavy atom. The molecule has 1 heterocycles. The maximum Gasteiger partial charge on any atom is 0.206 e. The molecule has 0 aliphatic heterocycles. The standard InChI is InChI=1S/C20H10N4/c1-23-19-11-15(10-16(12-21)18(19)13-22)20-17(8-5-9-24-20)14-6-3-2-4-7-14/h2-11H. The molecule has 4 nitrogen and oxygen atoms in total. The topological polar surface area (TPSA) is 64.8 Å². The molecule has 24 heavy (non-hydrogen) atoms. The Morgan fingerprint density at radius 1 is 0.917 bits per heavy atom. The van der Waals surface area contributed by atoms with E-state index in [0.29, 0.717) is 11.3 Å². The van der Waals surface area contributed by atoms with E-state index in [4.69, 9.17) is 6.57 Å². The van der Waals surface area contributed by atoms with Crippen LogP contribution in [0.3, 0.4) is 0 Å². The normalized spacial score (nSPS) is 9.54. The van der Waals surface area contributed by atoms with E-state index in [-0.39, 0.29) is 16.8 Å². The highest BCUT2D eigenvalue weighted by Crippen LogP contribution is 2.34. The molecule has 110 valence electrons. The zero-order valence-electron chi connectivity index (χ0n) is 12.6. The number of rotatable bonds is 2. The Bertz CT molecular complexity index is 997. The SMILES string of the molecule is [C-]#[N+]c1cc(-c2ncccc2-c2ccccc2)cc(C#N)c1C#N. The van der Waals surface area contributed by atoms with E-state index in [2.05, 4.69) is 9.83 Å². The molecule has 0 bridgehead atoms. The first-order valence-corrected chi connectivity index (χ1v) is 7.15. The van der Waals surface area contributed by atoms with Crippen LogP contribution in [0.1, 0.15) is 11.1 Å². The van der Waals surface area contributed by atoms with Crippen LogP contribution in [0, 0.1) is 29.2 Å². The van der Waals surface area contributed by atoms with Gasteiger partial charge in [0.2, 0.25) is 5.69 Å². The third-order valence-electron chi connectivity index (χ3n) is 3.64. The fourth-order valence-electron chi connectivity index (χ4n) is 2.54. The number of benzene rings is 2. The van der Waals surface area contributed by atoms with E-state index in [1.807, 2.05) is 54.6 Å². The second-order valence-electron chi connectivity index (χ2n) is 5.02. The second kappa shape index (κ2) is 6.44. The Morgan fingerprint density at radius 2 is 1.71 bits per heavy atom. The van der Waals surface area contributed by atoms with Crippen molar-refractivity contribution >= 4 is 5.69 Å². The third-order valence-corrected chi connectivity index (χ3v) is 3.64. The first kappa shape index (κ1) is 15.0. The Labute approximate surface area is 139 Å². The molecule has 0 atom stereocenters. The molecular weight excluding hydrogens is 296 g/mol. The Hall–Kier alpha value is -3.94. The molecule has 0 fully saturated rings. The summed E-state index contributed by atoms with van der Waals surface area (Å²) in [6.45, 7) is 7.28. The van der Waals surface area contributed by atoms with Gasteiger partial charge in [0.15, 0.2) is 0 Å². The average Bonchev–Trinajstić information content (AvgIpc) is 2.67. The maximum atomic E-state index is 9.30. The van der Waals surface area contributed by atoms with Crippen molar-refractivity contribution in [3.05, 3.63) is 83.3 Å². The van der Waals surface area contributed by atoms with Crippen LogP contribution in [0.4, 0.5) is 5.69 Å². The van der Waals surface area contributed by atoms with E-state index >= 15 is 0 Å². The van der Waals surface area contributed by atoms with Crippen LogP contribution in [0.25, 0.3) is 27.2 Å². The molecule has 2 aromatic carbocycles. The van der Waals surface area contributed by atoms with Crippen molar-refractivity contribution in [2.75, 3.05) is 0 Å². The average molecular weight is 306 g/mol. The van der Waals surface area contributed by atoms with Gasteiger partial charge >= 0.3 is 0 Å². The van der Waals surface area contributed by atoms with Crippen LogP contribution in [0.2, 0.25) is 0 Å². The van der Waals surface area contributed by atoms with Gasteiger partial charge in [0, 0.05) is 11.8 Å². The van der Waals surface area contributed by atoms with Gasteiger partial charge in [-0.2, -0.15) is 10.5 Å². The summed E-state index contributed by atoms with van der Waals surface area (Å²) < 4.78 is 0. The van der Waals surface area contributed by atoms with Crippen molar-refractivity contribution in [1.29, 1.82) is 10.5 Å². The zero-order chi connectivity index (χ0) is 16.9. The first-order chi connectivity index (χ1) is 11.8. The lowest BCUT2D eigenvalue weighted by Crippen LogP contribution is -1.92. The minimum Gasteiger partial charge on any atom is -0.256 e. The molecule has 1 aromatic heterocycles. The van der Waals surface area contributed by atoms with Gasteiger partial charge in [-0.15, -0.1) is 0 Å². The Balaban J connectivity index is 2.28. The highest BCUT2D eigenvalue weighted by Gasteiger charge is 2.15. The van der Waals surface area contributed by atoms with Gasteiger partial charge in [0.25, 0.3) is 0 Å². The predicted octanol–water partition coefficient (Wildman–Crippen LogP) is 4.71. The summed E-state index contributed by atoms with van der Waals surface area (Å²) in [6, 6.07) is 20.7. The van der Waals surface area contributed by atoms with Crippen LogP contribution in [0.15, 0.2) is 60.8 Å². The summed E-state index contributed by atoms with van der Waals surface area (Å²) >= 11 is 0. The number of hydrogen-bond donors (Lipinski definition) is 0. The molecule has 0 spiro atoms. The van der Waals surface area contributed by atoms with Crippen molar-refractivity contribution in [2.45, 2.75) is 0 Å². The first-order valence-electron chi connectivity index (χ1n) is 7.15. The summed E-state index contributed by atoms with van der Waals surface area (Å²) in [5.74, 6) is 0. The van der Waals surface area contributed by atoms with E-state index in [1.165, 1.54) is 0 Å². The van der Waals surface area contributed by atoms with E-state index in [0.717, 1.165) is 11.1 Å². The smallest absolute Gasteiger partial charge is 0.206 e. The summed E-state index contributed by atoms with van der Waals surface area (Å²) in [4.78, 5) is 7.82. The van der Waals surface area contributed by atoms with Gasteiger partial charge in [0.05, 0.1) is 35.5 Å². The lowest BCUT2D eigenvalue weighted by atomic mass is 9.96. The summed E-state index contributed by atoms with van der Waals surface area (Å²) in [7, 11) is 0. The largest absolute Gasteiger partial charge is 0.256 e. The molecule has 0 saturated heterocycles. The maximum absolute atomic E-state index is 9.30. The van der Waals surface area contributed by atoms with Crippen molar-refractivity contribution in [1.82, 2.24) is 4.98 Å². The van der Waals surface area contributed by atoms with Gasteiger partial charge < -0.3 is 0 Å². The number of aromatic nitrogens is 1. The molecule has 0 aliphatic rings. The van der Waals surface area contributed by atoms with E-state index < -0.39 is 0 Å². The zero-order valence-corrected chi connectivity index (χ0v) is 12.6. The van der Waals surface area contributed by atoms with Crippen molar-refractivity contribution in [3.63, 3.8) is 0 Å². The number of nitriles is 2. The lowest BCUT2D eigenvalue weighted by molar-refractivity contribution is 1.32. The van der Waals surface area contributed by atoms with Crippen LogP contribution in [-0.4, -0.2) is 4.98 Å². The molecule has 0 amide bonds. The summed E-state index contributed by atoms with van der Waals surface area (Å²) in [6.07, 6.45) is 1.67. The molecule has 0 radical (unpaired) electrons. The van der Waals surface area contributed by atoms with Crippen molar-refractivity contribution in [2.24, 2.45) is 0 Å². The number of nitrogens with zero attached hydrogens (tertiary/aromatic N) is 4. The third kappa shape index (κ3) is 2.59. The minimum atomic E-state index is 0.105. The summed E-state index contributed by atoms with van der Waals surface area (Å²) in [5, 5.41) is 18.5. The molecule has 0 unspecified atom stereocenters. The molecule has 0 aliphatic carbocycles. The van der Waals surface area contributed by atoms with Gasteiger partial charge in [-0.3, -0.25) is 4.98 Å². The molecule has 4 heteroatoms. The number of hydrogen-bond acceptors (Lipinski definition) is 3. The molecule has 0 saturated carbocycles. The van der Waals surface area contributed by atoms with Crippen molar-refractivity contribution < 1.29 is 0 Å². The van der Waals surface area contributed by atoms with Gasteiger partial charge in [-0.25, -0.2) is 4.85 Å². The van der Waals surface area contributed by atoms with E-state index in [9.17, 15) is 10.5 Å². The quantitative estimate of drug-likeness (QED) is 0.644. The highest BCUT2D eigenvalue weighted by atomic mass is 14.7. The van der Waals surface area contributed by atoms with Crippen molar-refractivity contribution in [3.8, 4) is 34.5 Å². The molecular formula is C20H10N4. The van der Waals surface area contributed by atoms with Gasteiger partial charge in [-0.05, 0) is 29.3 Å². The minimum absolute atomic E-state index is 0.105. The highest BCUT2D eigenvalue weighted by molar-refractivity contribution is 5.84. The fourth-order valence-corrected chi connectivity index (χ4v) is 2.54. The van der Waals surface area contributed by atoms with Gasteiger partial charge in [0.1, 0.15) is 0 Å². The summed E-state index contributed by atoms with van der Waals surface area (Å²) in [5.41, 5.74) is 3.68. The van der Waals surface area contributed by atoms with Crippen LogP contribution < -0.4 is 0 Å². The fraction of sp³-hybridized carbons (Fsp3) is 0. The Kier molecular flexibility index (Phi) is 4.02. The lowest BCUT2D eigenvalue weighted by Gasteiger charge is -2.10. The second-order valence-corrected chi connectivity index (χ2v) is 5.02. The predicted molar refractivity (Wildman–Crippen MR) is 90.8 cm³/mol. The molecule has 3 rings (SSSR count). The monoisotopic (exact) mass is 306 g/mol. The van der Waals surface area contributed by atoms with E-state index in [1.54, 1.807) is 18.3 Å². The number of pyridine rings is 1. The van der Waals surface area contributed by atoms with Crippen LogP contribution in [0.5, 0.6) is 0 Å². The van der Waals surface area contributed by atoms with Gasteiger partial charge in [-0.1, -0.05) is 36.4 Å². The molecule has 0 N–H and O–H groups in total. The van der Waals surface area contributed by atoms with Crippen LogP contribution >= 0.6 is 0 Å². The van der Waals surface area contributed by atoms with Crippen LogP contribution in [-0.2, 0) is 0 Å². The molecule has 3 aromatic rings.